The number of imidazole rings is 1. The second-order valence-corrected chi connectivity index (χ2v) is 4.18. The van der Waals surface area contributed by atoms with Gasteiger partial charge >= 0.3 is 0 Å². The lowest BCUT2D eigenvalue weighted by Crippen LogP contribution is -2.12. The van der Waals surface area contributed by atoms with E-state index in [0.717, 1.165) is 12.2 Å². The highest BCUT2D eigenvalue weighted by Gasteiger charge is 2.15. The summed E-state index contributed by atoms with van der Waals surface area (Å²) < 4.78 is 0. The van der Waals surface area contributed by atoms with Gasteiger partial charge in [0.05, 0.1) is 22.2 Å². The molecule has 0 amide bonds. The zero-order valence-electron chi connectivity index (χ0n) is 10.8. The standard InChI is InChI=1S/C13H13N5O2/c1-2-11(13-15-5-6-16-13)17-12-4-3-10(18(19)20)7-9(12)8-14/h3-7,11,17H,2H2,1H3,(H,15,16). The number of aromatic nitrogens is 2. The van der Waals surface area contributed by atoms with Gasteiger partial charge in [0, 0.05) is 24.5 Å². The molecule has 0 aliphatic heterocycles. The summed E-state index contributed by atoms with van der Waals surface area (Å²) >= 11 is 0. The summed E-state index contributed by atoms with van der Waals surface area (Å²) in [6.07, 6.45) is 4.14. The second kappa shape index (κ2) is 5.84. The van der Waals surface area contributed by atoms with Crippen LogP contribution in [0.5, 0.6) is 0 Å². The first kappa shape index (κ1) is 13.5. The van der Waals surface area contributed by atoms with Crippen LogP contribution in [0.25, 0.3) is 0 Å². The van der Waals surface area contributed by atoms with Crippen LogP contribution in [0.1, 0.15) is 30.8 Å². The molecule has 0 fully saturated rings. The van der Waals surface area contributed by atoms with Gasteiger partial charge in [-0.3, -0.25) is 10.1 Å². The van der Waals surface area contributed by atoms with Crippen LogP contribution in [0.3, 0.4) is 0 Å². The molecule has 0 saturated heterocycles. The molecule has 0 aliphatic rings. The molecule has 7 nitrogen and oxygen atoms in total. The molecule has 0 spiro atoms. The lowest BCUT2D eigenvalue weighted by atomic mass is 10.1. The molecule has 0 saturated carbocycles. The van der Waals surface area contributed by atoms with Crippen molar-refractivity contribution in [1.82, 2.24) is 9.97 Å². The SMILES string of the molecule is CCC(Nc1ccc([N+](=O)[O-])cc1C#N)c1ncc[nH]1. The number of nitriles is 1. The van der Waals surface area contributed by atoms with Crippen LogP contribution in [0.15, 0.2) is 30.6 Å². The maximum Gasteiger partial charge on any atom is 0.270 e. The van der Waals surface area contributed by atoms with E-state index in [2.05, 4.69) is 15.3 Å². The van der Waals surface area contributed by atoms with E-state index in [1.807, 2.05) is 13.0 Å². The first-order valence-electron chi connectivity index (χ1n) is 6.10. The minimum Gasteiger partial charge on any atom is -0.374 e. The lowest BCUT2D eigenvalue weighted by molar-refractivity contribution is -0.384. The van der Waals surface area contributed by atoms with Gasteiger partial charge in [-0.05, 0) is 12.5 Å². The van der Waals surface area contributed by atoms with E-state index >= 15 is 0 Å². The van der Waals surface area contributed by atoms with Crippen LogP contribution in [0.4, 0.5) is 11.4 Å². The first-order valence-corrected chi connectivity index (χ1v) is 6.10. The van der Waals surface area contributed by atoms with Crippen LogP contribution < -0.4 is 5.32 Å². The number of anilines is 1. The number of nitrogens with one attached hydrogen (secondary N) is 2. The lowest BCUT2D eigenvalue weighted by Gasteiger charge is -2.16. The zero-order valence-corrected chi connectivity index (χ0v) is 10.8. The zero-order chi connectivity index (χ0) is 14.5. The number of benzene rings is 1. The normalized spacial score (nSPS) is 11.6. The fourth-order valence-corrected chi connectivity index (χ4v) is 1.88. The van der Waals surface area contributed by atoms with E-state index in [-0.39, 0.29) is 17.3 Å². The predicted molar refractivity (Wildman–Crippen MR) is 73.1 cm³/mol. The molecule has 1 heterocycles. The van der Waals surface area contributed by atoms with Crippen LogP contribution in [-0.2, 0) is 0 Å². The van der Waals surface area contributed by atoms with Crippen molar-refractivity contribution in [3.05, 3.63) is 52.1 Å². The minimum atomic E-state index is -0.519. The average molecular weight is 271 g/mol. The quantitative estimate of drug-likeness (QED) is 0.642. The number of H-pyrrole nitrogens is 1. The molecule has 1 unspecified atom stereocenters. The van der Waals surface area contributed by atoms with Gasteiger partial charge in [0.2, 0.25) is 0 Å². The fourth-order valence-electron chi connectivity index (χ4n) is 1.88. The van der Waals surface area contributed by atoms with E-state index in [1.54, 1.807) is 18.5 Å². The summed E-state index contributed by atoms with van der Waals surface area (Å²) in [4.78, 5) is 17.4. The van der Waals surface area contributed by atoms with Crippen molar-refractivity contribution in [2.75, 3.05) is 5.32 Å². The van der Waals surface area contributed by atoms with Crippen molar-refractivity contribution in [3.63, 3.8) is 0 Å². The number of hydrogen-bond acceptors (Lipinski definition) is 5. The third kappa shape index (κ3) is 2.75. The fraction of sp³-hybridized carbons (Fsp3) is 0.231. The summed E-state index contributed by atoms with van der Waals surface area (Å²) in [5.74, 6) is 0.759. The number of nitro benzene ring substituents is 1. The Labute approximate surface area is 115 Å². The number of non-ortho nitro benzene ring substituents is 1. The molecule has 7 heteroatoms. The Hall–Kier alpha value is -2.88. The van der Waals surface area contributed by atoms with E-state index in [1.165, 1.54) is 12.1 Å². The minimum absolute atomic E-state index is 0.0847. The maximum atomic E-state index is 10.7. The van der Waals surface area contributed by atoms with Gasteiger partial charge in [-0.2, -0.15) is 5.26 Å². The highest BCUT2D eigenvalue weighted by molar-refractivity contribution is 5.61. The topological polar surface area (TPSA) is 108 Å². The molecule has 2 rings (SSSR count). The summed E-state index contributed by atoms with van der Waals surface area (Å²) in [6.45, 7) is 1.98. The number of rotatable bonds is 5. The Morgan fingerprint density at radius 3 is 2.95 bits per heavy atom. The van der Waals surface area contributed by atoms with Crippen molar-refractivity contribution in [3.8, 4) is 6.07 Å². The summed E-state index contributed by atoms with van der Waals surface area (Å²) in [5.41, 5.74) is 0.698. The van der Waals surface area contributed by atoms with Crippen molar-refractivity contribution < 1.29 is 4.92 Å². The molecule has 2 N–H and O–H groups in total. The molecular weight excluding hydrogens is 258 g/mol. The predicted octanol–water partition coefficient (Wildman–Crippen LogP) is 2.75. The summed E-state index contributed by atoms with van der Waals surface area (Å²) in [6, 6.07) is 6.06. The molecule has 1 aromatic carbocycles. The molecule has 1 aromatic heterocycles. The highest BCUT2D eigenvalue weighted by Crippen LogP contribution is 2.26. The molecule has 1 atom stereocenters. The largest absolute Gasteiger partial charge is 0.374 e. The molecule has 0 aliphatic carbocycles. The molecular formula is C13H13N5O2. The average Bonchev–Trinajstić information content (AvgIpc) is 2.98. The van der Waals surface area contributed by atoms with Gasteiger partial charge in [-0.15, -0.1) is 0 Å². The van der Waals surface area contributed by atoms with Gasteiger partial charge in [-0.1, -0.05) is 6.92 Å². The third-order valence-corrected chi connectivity index (χ3v) is 2.92. The van der Waals surface area contributed by atoms with Gasteiger partial charge in [0.1, 0.15) is 11.9 Å². The summed E-state index contributed by atoms with van der Waals surface area (Å²) in [7, 11) is 0. The maximum absolute atomic E-state index is 10.7. The number of nitro groups is 1. The van der Waals surface area contributed by atoms with Crippen LogP contribution in [0, 0.1) is 21.4 Å². The Bertz CT molecular complexity index is 645. The van der Waals surface area contributed by atoms with E-state index < -0.39 is 4.92 Å². The first-order chi connectivity index (χ1) is 9.65. The van der Waals surface area contributed by atoms with Gasteiger partial charge in [0.25, 0.3) is 5.69 Å². The van der Waals surface area contributed by atoms with Gasteiger partial charge < -0.3 is 10.3 Å². The summed E-state index contributed by atoms with van der Waals surface area (Å²) in [5, 5.41) is 23.0. The Balaban J connectivity index is 2.29. The number of nitrogens with zero attached hydrogens (tertiary/aromatic N) is 3. The second-order valence-electron chi connectivity index (χ2n) is 4.18. The van der Waals surface area contributed by atoms with Crippen molar-refractivity contribution in [1.29, 1.82) is 5.26 Å². The monoisotopic (exact) mass is 271 g/mol. The van der Waals surface area contributed by atoms with Crippen LogP contribution in [0.2, 0.25) is 0 Å². The number of hydrogen-bond donors (Lipinski definition) is 2. The molecule has 2 aromatic rings. The molecule has 20 heavy (non-hydrogen) atoms. The Morgan fingerprint density at radius 1 is 1.60 bits per heavy atom. The van der Waals surface area contributed by atoms with Gasteiger partial charge in [0.15, 0.2) is 0 Å². The van der Waals surface area contributed by atoms with Crippen molar-refractivity contribution in [2.24, 2.45) is 0 Å². The highest BCUT2D eigenvalue weighted by atomic mass is 16.6. The van der Waals surface area contributed by atoms with Crippen molar-refractivity contribution >= 4 is 11.4 Å². The Kier molecular flexibility index (Phi) is 3.96. The number of aromatic amines is 1. The van der Waals surface area contributed by atoms with Gasteiger partial charge in [-0.25, -0.2) is 4.98 Å². The molecule has 0 radical (unpaired) electrons. The van der Waals surface area contributed by atoms with E-state index in [9.17, 15) is 10.1 Å². The molecule has 0 bridgehead atoms. The molecule has 102 valence electrons. The van der Waals surface area contributed by atoms with E-state index in [4.69, 9.17) is 5.26 Å². The van der Waals surface area contributed by atoms with Crippen molar-refractivity contribution in [2.45, 2.75) is 19.4 Å². The third-order valence-electron chi connectivity index (χ3n) is 2.92. The van der Waals surface area contributed by atoms with Crippen LogP contribution >= 0.6 is 0 Å². The van der Waals surface area contributed by atoms with E-state index in [0.29, 0.717) is 5.69 Å². The van der Waals surface area contributed by atoms with Crippen LogP contribution in [-0.4, -0.2) is 14.9 Å². The smallest absolute Gasteiger partial charge is 0.270 e. The Morgan fingerprint density at radius 2 is 2.40 bits per heavy atom.